The highest BCUT2D eigenvalue weighted by Gasteiger charge is 2.18. The molecular weight excluding hydrogens is 266 g/mol. The number of nitrogens with one attached hydrogen (secondary N) is 1. The van der Waals surface area contributed by atoms with Gasteiger partial charge in [-0.15, -0.1) is 0 Å². The molecule has 3 aromatic rings. The van der Waals surface area contributed by atoms with Crippen molar-refractivity contribution in [2.45, 2.75) is 18.0 Å². The minimum Gasteiger partial charge on any atom is -0.331 e. The van der Waals surface area contributed by atoms with Crippen molar-refractivity contribution in [1.82, 2.24) is 9.97 Å². The number of aromatic amines is 1. The summed E-state index contributed by atoms with van der Waals surface area (Å²) in [5.41, 5.74) is 4.88. The minimum atomic E-state index is 0.961. The Bertz CT molecular complexity index is 717. The van der Waals surface area contributed by atoms with Crippen molar-refractivity contribution in [2.24, 2.45) is 0 Å². The zero-order valence-corrected chi connectivity index (χ0v) is 11.9. The van der Waals surface area contributed by atoms with Gasteiger partial charge < -0.3 is 9.29 Å². The number of para-hydroxylation sites is 3. The van der Waals surface area contributed by atoms with E-state index >= 15 is 0 Å². The summed E-state index contributed by atoms with van der Waals surface area (Å²) in [6.07, 6.45) is 2.37. The van der Waals surface area contributed by atoms with Gasteiger partial charge >= 0.3 is 0 Å². The van der Waals surface area contributed by atoms with Crippen LogP contribution >= 0.6 is 11.9 Å². The van der Waals surface area contributed by atoms with Crippen LogP contribution in [0.5, 0.6) is 0 Å². The van der Waals surface area contributed by atoms with E-state index in [0.29, 0.717) is 0 Å². The molecule has 0 fully saturated rings. The molecule has 0 amide bonds. The van der Waals surface area contributed by atoms with Crippen molar-refractivity contribution < 1.29 is 0 Å². The van der Waals surface area contributed by atoms with Crippen molar-refractivity contribution in [1.29, 1.82) is 0 Å². The maximum Gasteiger partial charge on any atom is 0.187 e. The number of hydrogen-bond acceptors (Lipinski definition) is 3. The van der Waals surface area contributed by atoms with Gasteiger partial charge in [-0.25, -0.2) is 4.98 Å². The first-order valence-electron chi connectivity index (χ1n) is 6.88. The number of aromatic nitrogens is 2. The molecule has 0 radical (unpaired) electrons. The second kappa shape index (κ2) is 4.87. The second-order valence-electron chi connectivity index (χ2n) is 4.98. The average Bonchev–Trinajstić information content (AvgIpc) is 2.90. The summed E-state index contributed by atoms with van der Waals surface area (Å²) in [6, 6.07) is 16.8. The van der Waals surface area contributed by atoms with Crippen LogP contribution in [-0.4, -0.2) is 16.5 Å². The van der Waals surface area contributed by atoms with Crippen LogP contribution in [0.2, 0.25) is 0 Å². The number of anilines is 1. The summed E-state index contributed by atoms with van der Waals surface area (Å²) in [5.74, 6) is 0. The summed E-state index contributed by atoms with van der Waals surface area (Å²) in [4.78, 5) is 8.03. The quantitative estimate of drug-likeness (QED) is 0.720. The monoisotopic (exact) mass is 281 g/mol. The molecule has 1 aliphatic heterocycles. The van der Waals surface area contributed by atoms with Crippen LogP contribution in [0.1, 0.15) is 12.0 Å². The lowest BCUT2D eigenvalue weighted by Gasteiger charge is -2.28. The average molecular weight is 281 g/mol. The van der Waals surface area contributed by atoms with Crippen LogP contribution in [0.4, 0.5) is 5.69 Å². The smallest absolute Gasteiger partial charge is 0.187 e. The third-order valence-electron chi connectivity index (χ3n) is 3.63. The normalized spacial score (nSPS) is 14.5. The van der Waals surface area contributed by atoms with E-state index in [4.69, 9.17) is 0 Å². The Morgan fingerprint density at radius 2 is 1.90 bits per heavy atom. The molecule has 0 atom stereocenters. The minimum absolute atomic E-state index is 0.961. The topological polar surface area (TPSA) is 31.9 Å². The van der Waals surface area contributed by atoms with Crippen LogP contribution in [0, 0.1) is 0 Å². The van der Waals surface area contributed by atoms with Crippen LogP contribution in [0.15, 0.2) is 53.7 Å². The van der Waals surface area contributed by atoms with Gasteiger partial charge in [-0.05, 0) is 36.6 Å². The van der Waals surface area contributed by atoms with Crippen LogP contribution in [-0.2, 0) is 6.42 Å². The Hall–Kier alpha value is -1.94. The number of aryl methyl sites for hydroxylation is 1. The summed E-state index contributed by atoms with van der Waals surface area (Å²) in [6.45, 7) is 1.07. The van der Waals surface area contributed by atoms with Gasteiger partial charge in [-0.1, -0.05) is 30.3 Å². The van der Waals surface area contributed by atoms with Crippen molar-refractivity contribution >= 4 is 28.7 Å². The molecule has 1 aliphatic rings. The van der Waals surface area contributed by atoms with E-state index in [-0.39, 0.29) is 0 Å². The Morgan fingerprint density at radius 3 is 2.85 bits per heavy atom. The van der Waals surface area contributed by atoms with Gasteiger partial charge in [0, 0.05) is 18.5 Å². The largest absolute Gasteiger partial charge is 0.331 e. The standard InChI is InChI=1S/C16H15N3S/c1-4-10-15-12(6-1)7-5-11-19(15)20-16-17-13-8-2-3-9-14(13)18-16/h1-4,6,8-10H,5,7,11H2,(H,17,18). The van der Waals surface area contributed by atoms with E-state index in [0.717, 1.165) is 22.7 Å². The van der Waals surface area contributed by atoms with E-state index in [1.165, 1.54) is 24.1 Å². The second-order valence-corrected chi connectivity index (χ2v) is 5.99. The molecule has 1 aromatic heterocycles. The number of benzene rings is 2. The zero-order chi connectivity index (χ0) is 13.4. The number of hydrogen-bond donors (Lipinski definition) is 1. The fraction of sp³-hybridized carbons (Fsp3) is 0.188. The first-order valence-corrected chi connectivity index (χ1v) is 7.66. The van der Waals surface area contributed by atoms with Gasteiger partial charge in [0.05, 0.1) is 16.7 Å². The number of rotatable bonds is 2. The molecule has 20 heavy (non-hydrogen) atoms. The summed E-state index contributed by atoms with van der Waals surface area (Å²) >= 11 is 1.70. The van der Waals surface area contributed by atoms with Crippen molar-refractivity contribution in [3.8, 4) is 0 Å². The molecule has 100 valence electrons. The van der Waals surface area contributed by atoms with E-state index in [9.17, 15) is 0 Å². The van der Waals surface area contributed by atoms with Gasteiger partial charge in [0.1, 0.15) is 0 Å². The molecule has 3 nitrogen and oxygen atoms in total. The molecule has 0 saturated heterocycles. The maximum absolute atomic E-state index is 4.65. The van der Waals surface area contributed by atoms with E-state index < -0.39 is 0 Å². The van der Waals surface area contributed by atoms with Gasteiger partial charge in [-0.3, -0.25) is 0 Å². The van der Waals surface area contributed by atoms with Crippen molar-refractivity contribution in [3.63, 3.8) is 0 Å². The SMILES string of the molecule is c1ccc2c(c1)CCCN2Sc1nc2ccccc2[nH]1. The third-order valence-corrected chi connectivity index (χ3v) is 4.60. The molecule has 0 spiro atoms. The molecule has 2 heterocycles. The molecule has 0 saturated carbocycles. The molecule has 4 heteroatoms. The molecule has 0 bridgehead atoms. The number of H-pyrrole nitrogens is 1. The molecular formula is C16H15N3S. The third kappa shape index (κ3) is 2.06. The number of imidazole rings is 1. The van der Waals surface area contributed by atoms with E-state index in [1.807, 2.05) is 18.2 Å². The van der Waals surface area contributed by atoms with Crippen molar-refractivity contribution in [2.75, 3.05) is 10.8 Å². The fourth-order valence-corrected chi connectivity index (χ4v) is 3.67. The highest BCUT2D eigenvalue weighted by Crippen LogP contribution is 2.34. The highest BCUT2D eigenvalue weighted by atomic mass is 32.2. The van der Waals surface area contributed by atoms with E-state index in [1.54, 1.807) is 11.9 Å². The molecule has 4 rings (SSSR count). The lowest BCUT2D eigenvalue weighted by molar-refractivity contribution is 0.793. The van der Waals surface area contributed by atoms with E-state index in [2.05, 4.69) is 44.6 Å². The van der Waals surface area contributed by atoms with Crippen LogP contribution in [0.3, 0.4) is 0 Å². The maximum atomic E-state index is 4.65. The van der Waals surface area contributed by atoms with Gasteiger partial charge in [0.25, 0.3) is 0 Å². The van der Waals surface area contributed by atoms with Gasteiger partial charge in [0.2, 0.25) is 0 Å². The molecule has 2 aromatic carbocycles. The highest BCUT2D eigenvalue weighted by molar-refractivity contribution is 8.00. The fourth-order valence-electron chi connectivity index (χ4n) is 2.67. The summed E-state index contributed by atoms with van der Waals surface area (Å²) < 4.78 is 2.34. The lowest BCUT2D eigenvalue weighted by Crippen LogP contribution is -2.22. The molecule has 1 N–H and O–H groups in total. The summed E-state index contributed by atoms with van der Waals surface area (Å²) in [7, 11) is 0. The van der Waals surface area contributed by atoms with Gasteiger partial charge in [-0.2, -0.15) is 0 Å². The lowest BCUT2D eigenvalue weighted by atomic mass is 10.0. The molecule has 0 unspecified atom stereocenters. The Morgan fingerprint density at radius 1 is 1.05 bits per heavy atom. The van der Waals surface area contributed by atoms with Crippen molar-refractivity contribution in [3.05, 3.63) is 54.1 Å². The van der Waals surface area contributed by atoms with Crippen LogP contribution in [0.25, 0.3) is 11.0 Å². The first kappa shape index (κ1) is 11.9. The predicted octanol–water partition coefficient (Wildman–Crippen LogP) is 4.02. The number of fused-ring (bicyclic) bond motifs is 2. The summed E-state index contributed by atoms with van der Waals surface area (Å²) in [5, 5.41) is 0.961. The Labute approximate surface area is 122 Å². The Balaban J connectivity index is 1.66. The Kier molecular flexibility index (Phi) is 2.89. The molecule has 0 aliphatic carbocycles. The first-order chi connectivity index (χ1) is 9.90. The number of nitrogens with zero attached hydrogens (tertiary/aromatic N) is 2. The van der Waals surface area contributed by atoms with Crippen LogP contribution < -0.4 is 4.31 Å². The zero-order valence-electron chi connectivity index (χ0n) is 11.0. The van der Waals surface area contributed by atoms with Gasteiger partial charge in [0.15, 0.2) is 5.16 Å². The predicted molar refractivity (Wildman–Crippen MR) is 84.1 cm³/mol.